The van der Waals surface area contributed by atoms with Gasteiger partial charge in [0.2, 0.25) is 0 Å². The minimum Gasteiger partial charge on any atom is -0.384 e. The molecule has 0 bridgehead atoms. The molecule has 0 saturated carbocycles. The Balaban J connectivity index is 0.00000280. The normalized spacial score (nSPS) is 10.6. The Hall–Kier alpha value is -3.80. The maximum absolute atomic E-state index is 11.1. The molecule has 13 heteroatoms. The number of pyridine rings is 2. The van der Waals surface area contributed by atoms with Crippen molar-refractivity contribution in [3.05, 3.63) is 80.1 Å². The molecule has 0 aliphatic carbocycles. The van der Waals surface area contributed by atoms with Crippen LogP contribution >= 0.6 is 24.8 Å². The number of halogens is 2. The number of hydrogen-bond acceptors (Lipinski definition) is 9. The molecule has 214 valence electrons. The highest BCUT2D eigenvalue weighted by Crippen LogP contribution is 2.28. The fourth-order valence-corrected chi connectivity index (χ4v) is 4.38. The van der Waals surface area contributed by atoms with E-state index in [1.165, 1.54) is 24.3 Å². The van der Waals surface area contributed by atoms with Crippen molar-refractivity contribution >= 4 is 69.4 Å². The van der Waals surface area contributed by atoms with Crippen LogP contribution < -0.4 is 16.0 Å². The van der Waals surface area contributed by atoms with Crippen molar-refractivity contribution in [3.63, 3.8) is 0 Å². The summed E-state index contributed by atoms with van der Waals surface area (Å²) in [6, 6.07) is 13.5. The van der Waals surface area contributed by atoms with Crippen LogP contribution in [0.3, 0.4) is 0 Å². The first kappa shape index (κ1) is 32.4. The first-order valence-electron chi connectivity index (χ1n) is 12.6. The molecule has 40 heavy (non-hydrogen) atoms. The van der Waals surface area contributed by atoms with Crippen LogP contribution in [0.2, 0.25) is 0 Å². The van der Waals surface area contributed by atoms with Gasteiger partial charge in [0.15, 0.2) is 0 Å². The number of aryl methyl sites for hydroxylation is 2. The lowest BCUT2D eigenvalue weighted by molar-refractivity contribution is -0.384. The van der Waals surface area contributed by atoms with Crippen LogP contribution in [0.1, 0.15) is 30.7 Å². The molecule has 4 aromatic rings. The van der Waals surface area contributed by atoms with E-state index in [-0.39, 0.29) is 36.2 Å². The van der Waals surface area contributed by atoms with E-state index in [1.807, 2.05) is 26.0 Å². The van der Waals surface area contributed by atoms with E-state index in [0.717, 1.165) is 79.0 Å². The third kappa shape index (κ3) is 8.35. The Kier molecular flexibility index (Phi) is 12.2. The minimum absolute atomic E-state index is 0. The highest BCUT2D eigenvalue weighted by molar-refractivity contribution is 5.93. The largest absolute Gasteiger partial charge is 0.384 e. The molecule has 3 N–H and O–H groups in total. The number of nitro groups is 2. The summed E-state index contributed by atoms with van der Waals surface area (Å²) in [4.78, 5) is 30.2. The fraction of sp³-hybridized carbons (Fsp3) is 0.333. The molecule has 0 unspecified atom stereocenters. The van der Waals surface area contributed by atoms with Gasteiger partial charge in [-0.05, 0) is 70.5 Å². The highest BCUT2D eigenvalue weighted by atomic mass is 35.5. The fourth-order valence-electron chi connectivity index (χ4n) is 4.38. The molecular formula is C27H33Cl2N7O4. The van der Waals surface area contributed by atoms with Crippen LogP contribution in [0, 0.1) is 34.1 Å². The van der Waals surface area contributed by atoms with Gasteiger partial charge in [-0.2, -0.15) is 0 Å². The lowest BCUT2D eigenvalue weighted by atomic mass is 10.1. The Morgan fingerprint density at radius 3 is 1.55 bits per heavy atom. The zero-order valence-corrected chi connectivity index (χ0v) is 23.9. The molecule has 0 aliphatic rings. The summed E-state index contributed by atoms with van der Waals surface area (Å²) in [7, 11) is 0. The molecule has 0 fully saturated rings. The number of nitro benzene ring substituents is 2. The van der Waals surface area contributed by atoms with Gasteiger partial charge in [0.05, 0.1) is 20.9 Å². The first-order chi connectivity index (χ1) is 18.3. The molecule has 4 rings (SSSR count). The molecule has 0 spiro atoms. The summed E-state index contributed by atoms with van der Waals surface area (Å²) in [5, 5.41) is 34.2. The second kappa shape index (κ2) is 15.1. The van der Waals surface area contributed by atoms with Gasteiger partial charge >= 0.3 is 0 Å². The maximum Gasteiger partial charge on any atom is 0.271 e. The number of rotatable bonds is 13. The molecule has 0 amide bonds. The Bertz CT molecular complexity index is 1380. The van der Waals surface area contributed by atoms with Gasteiger partial charge in [-0.1, -0.05) is 0 Å². The van der Waals surface area contributed by atoms with Crippen molar-refractivity contribution in [2.75, 3.05) is 36.8 Å². The third-order valence-corrected chi connectivity index (χ3v) is 6.21. The topological polar surface area (TPSA) is 148 Å². The van der Waals surface area contributed by atoms with Gasteiger partial charge in [-0.3, -0.25) is 30.2 Å². The number of aromatic nitrogens is 2. The van der Waals surface area contributed by atoms with E-state index >= 15 is 0 Å². The number of fused-ring (bicyclic) bond motifs is 2. The van der Waals surface area contributed by atoms with Crippen molar-refractivity contribution < 1.29 is 9.85 Å². The standard InChI is InChI=1S/C27H31N7O4.2ClH/c1-18-14-24(22-8-6-20(33(35)36)16-26(22)31-18)29-12-4-3-10-28-11-5-13-30-25-15-19(2)32-27-17-21(34(37)38)7-9-23(25)27;;/h6-9,14-17,28H,3-5,10-13H2,1-2H3,(H,29,31)(H,30,32);2*1H. The van der Waals surface area contributed by atoms with E-state index in [2.05, 4.69) is 25.9 Å². The summed E-state index contributed by atoms with van der Waals surface area (Å²) >= 11 is 0. The Morgan fingerprint density at radius 1 is 0.650 bits per heavy atom. The molecule has 0 radical (unpaired) electrons. The summed E-state index contributed by atoms with van der Waals surface area (Å²) in [5.41, 5.74) is 4.81. The molecule has 0 atom stereocenters. The van der Waals surface area contributed by atoms with E-state index in [4.69, 9.17) is 0 Å². The second-order valence-electron chi connectivity index (χ2n) is 9.20. The Labute approximate surface area is 244 Å². The van der Waals surface area contributed by atoms with Gasteiger partial charge in [0.25, 0.3) is 11.4 Å². The van der Waals surface area contributed by atoms with Gasteiger partial charge < -0.3 is 16.0 Å². The van der Waals surface area contributed by atoms with Crippen molar-refractivity contribution in [1.82, 2.24) is 15.3 Å². The van der Waals surface area contributed by atoms with Crippen molar-refractivity contribution in [1.29, 1.82) is 0 Å². The van der Waals surface area contributed by atoms with Crippen LogP contribution in [0.5, 0.6) is 0 Å². The molecular weight excluding hydrogens is 557 g/mol. The highest BCUT2D eigenvalue weighted by Gasteiger charge is 2.11. The molecule has 0 saturated heterocycles. The molecule has 2 aromatic heterocycles. The zero-order valence-electron chi connectivity index (χ0n) is 22.3. The van der Waals surface area contributed by atoms with Crippen LogP contribution in [0.4, 0.5) is 22.7 Å². The molecule has 0 aliphatic heterocycles. The van der Waals surface area contributed by atoms with Crippen LogP contribution in [0.25, 0.3) is 21.8 Å². The smallest absolute Gasteiger partial charge is 0.271 e. The lowest BCUT2D eigenvalue weighted by Gasteiger charge is -2.12. The van der Waals surface area contributed by atoms with E-state index in [0.29, 0.717) is 11.0 Å². The van der Waals surface area contributed by atoms with Crippen molar-refractivity contribution in [3.8, 4) is 0 Å². The molecule has 2 aromatic carbocycles. The number of non-ortho nitro benzene ring substituents is 2. The van der Waals surface area contributed by atoms with E-state index in [9.17, 15) is 20.2 Å². The van der Waals surface area contributed by atoms with Crippen LogP contribution in [-0.4, -0.2) is 46.0 Å². The predicted molar refractivity (Wildman–Crippen MR) is 164 cm³/mol. The molecule has 11 nitrogen and oxygen atoms in total. The van der Waals surface area contributed by atoms with Gasteiger partial charge in [-0.25, -0.2) is 0 Å². The van der Waals surface area contributed by atoms with Gasteiger partial charge in [0.1, 0.15) is 0 Å². The lowest BCUT2D eigenvalue weighted by Crippen LogP contribution is -2.20. The summed E-state index contributed by atoms with van der Waals surface area (Å²) in [5.74, 6) is 0. The van der Waals surface area contributed by atoms with E-state index in [1.54, 1.807) is 12.1 Å². The van der Waals surface area contributed by atoms with Crippen molar-refractivity contribution in [2.24, 2.45) is 0 Å². The third-order valence-electron chi connectivity index (χ3n) is 6.21. The van der Waals surface area contributed by atoms with Gasteiger partial charge in [-0.15, -0.1) is 24.8 Å². The van der Waals surface area contributed by atoms with Crippen molar-refractivity contribution in [2.45, 2.75) is 33.1 Å². The first-order valence-corrected chi connectivity index (χ1v) is 12.6. The minimum atomic E-state index is -0.407. The predicted octanol–water partition coefficient (Wildman–Crippen LogP) is 6.34. The summed E-state index contributed by atoms with van der Waals surface area (Å²) in [6.45, 7) is 7.12. The Morgan fingerprint density at radius 2 is 1.07 bits per heavy atom. The average Bonchev–Trinajstić information content (AvgIpc) is 2.88. The SMILES string of the molecule is Cc1cc(NCCCCNCCCNc2cc(C)nc3cc([N+](=O)[O-])ccc23)c2ccc([N+](=O)[O-])cc2n1.Cl.Cl. The maximum atomic E-state index is 11.1. The zero-order chi connectivity index (χ0) is 27.1. The van der Waals surface area contributed by atoms with Crippen LogP contribution in [0.15, 0.2) is 48.5 Å². The quantitative estimate of drug-likeness (QED) is 0.0921. The monoisotopic (exact) mass is 589 g/mol. The second-order valence-corrected chi connectivity index (χ2v) is 9.20. The van der Waals surface area contributed by atoms with E-state index < -0.39 is 9.85 Å². The number of benzene rings is 2. The summed E-state index contributed by atoms with van der Waals surface area (Å²) < 4.78 is 0. The van der Waals surface area contributed by atoms with Gasteiger partial charge in [0, 0.05) is 70.9 Å². The number of hydrogen-bond donors (Lipinski definition) is 3. The number of anilines is 2. The van der Waals surface area contributed by atoms with Crippen LogP contribution in [-0.2, 0) is 0 Å². The number of unbranched alkanes of at least 4 members (excludes halogenated alkanes) is 1. The number of nitrogens with one attached hydrogen (secondary N) is 3. The molecule has 2 heterocycles. The number of nitrogens with zero attached hydrogens (tertiary/aromatic N) is 4. The summed E-state index contributed by atoms with van der Waals surface area (Å²) in [6.07, 6.45) is 2.93. The average molecular weight is 591 g/mol.